The smallest absolute Gasteiger partial charge is 0.306 e. The van der Waals surface area contributed by atoms with E-state index in [-0.39, 0.29) is 154 Å². The van der Waals surface area contributed by atoms with Gasteiger partial charge in [-0.2, -0.15) is 0 Å². The van der Waals surface area contributed by atoms with E-state index in [9.17, 15) is 43.2 Å². The average molecular weight is 1470 g/mol. The van der Waals surface area contributed by atoms with E-state index in [1.165, 1.54) is 0 Å². The second-order valence-corrected chi connectivity index (χ2v) is 37.3. The molecule has 0 aliphatic heterocycles. The number of ether oxygens (including phenoxy) is 9. The molecule has 0 bridgehead atoms. The van der Waals surface area contributed by atoms with Crippen molar-refractivity contribution in [3.63, 3.8) is 0 Å². The Morgan fingerprint density at radius 1 is 0.204 bits per heavy atom. The fraction of sp³-hybridized carbons (Fsp3) is 0.848. The molecule has 0 aromatic heterocycles. The predicted molar refractivity (Wildman–Crippen MR) is 393 cm³/mol. The molecule has 0 saturated heterocycles. The molecule has 103 heavy (non-hydrogen) atoms. The quantitative estimate of drug-likeness (QED) is 0.0379. The minimum absolute atomic E-state index is 0.000509. The van der Waals surface area contributed by atoms with Gasteiger partial charge in [0.15, 0.2) is 0 Å². The van der Waals surface area contributed by atoms with Gasteiger partial charge < -0.3 is 58.6 Å². The van der Waals surface area contributed by atoms with Crippen molar-refractivity contribution in [1.29, 1.82) is 0 Å². The van der Waals surface area contributed by atoms with E-state index >= 15 is 14.4 Å². The Hall–Kier alpha value is -6.36. The lowest BCUT2D eigenvalue weighted by molar-refractivity contribution is -0.158. The van der Waals surface area contributed by atoms with Crippen LogP contribution in [0.15, 0.2) is 0 Å². The maximum Gasteiger partial charge on any atom is 0.306 e. The van der Waals surface area contributed by atoms with Crippen LogP contribution in [0.25, 0.3) is 0 Å². The van der Waals surface area contributed by atoms with Gasteiger partial charge in [-0.3, -0.25) is 57.5 Å². The van der Waals surface area contributed by atoms with E-state index < -0.39 is 150 Å². The lowest BCUT2D eigenvalue weighted by Gasteiger charge is -2.41. The summed E-state index contributed by atoms with van der Waals surface area (Å²) in [5.41, 5.74) is -13.3. The van der Waals surface area contributed by atoms with Crippen LogP contribution in [0.3, 0.4) is 0 Å². The van der Waals surface area contributed by atoms with Crippen LogP contribution in [0.4, 0.5) is 0 Å². The van der Waals surface area contributed by atoms with Crippen LogP contribution in [0, 0.1) is 11.3 Å². The molecule has 0 aromatic rings. The number of nitrogens with one attached hydrogen (secondary N) is 3. The fourth-order valence-electron chi connectivity index (χ4n) is 11.7. The van der Waals surface area contributed by atoms with Crippen LogP contribution in [-0.2, 0) is 100 Å². The molecule has 24 heteroatoms. The summed E-state index contributed by atoms with van der Waals surface area (Å²) in [7, 11) is 0. The van der Waals surface area contributed by atoms with Crippen molar-refractivity contribution in [3.8, 4) is 0 Å². The summed E-state index contributed by atoms with van der Waals surface area (Å²) in [5.74, 6) is -7.46. The molecule has 0 radical (unpaired) electrons. The number of amides is 3. The predicted octanol–water partition coefficient (Wildman–Crippen LogP) is 14.6. The van der Waals surface area contributed by atoms with E-state index in [4.69, 9.17) is 42.6 Å². The Labute approximate surface area is 618 Å². The third kappa shape index (κ3) is 48.4. The average Bonchev–Trinajstić information content (AvgIpc) is 0.837. The van der Waals surface area contributed by atoms with E-state index in [2.05, 4.69) is 16.0 Å². The Bertz CT molecular complexity index is 2280. The number of hydrogen-bond donors (Lipinski definition) is 3. The lowest BCUT2D eigenvalue weighted by atomic mass is 9.67. The molecule has 0 spiro atoms. The largest absolute Gasteiger partial charge is 0.460 e. The molecule has 0 heterocycles. The zero-order valence-corrected chi connectivity index (χ0v) is 69.1. The van der Waals surface area contributed by atoms with Gasteiger partial charge in [-0.05, 0) is 275 Å². The molecule has 0 aliphatic rings. The maximum atomic E-state index is 15.2. The number of esters is 9. The van der Waals surface area contributed by atoms with Crippen molar-refractivity contribution in [2.75, 3.05) is 0 Å². The van der Waals surface area contributed by atoms with E-state index in [0.717, 1.165) is 0 Å². The Morgan fingerprint density at radius 2 is 0.320 bits per heavy atom. The van der Waals surface area contributed by atoms with Crippen molar-refractivity contribution in [1.82, 2.24) is 16.0 Å². The molecular weight excluding hydrogens is 1330 g/mol. The zero-order chi connectivity index (χ0) is 80.5. The Kier molecular flexibility index (Phi) is 37.4. The van der Waals surface area contributed by atoms with Crippen LogP contribution in [0.5, 0.6) is 0 Å². The fourth-order valence-corrected chi connectivity index (χ4v) is 11.7. The van der Waals surface area contributed by atoms with Crippen LogP contribution < -0.4 is 16.0 Å². The third-order valence-electron chi connectivity index (χ3n) is 16.0. The normalized spacial score (nSPS) is 13.2. The summed E-state index contributed by atoms with van der Waals surface area (Å²) in [6.07, 6.45) is -3.62. The molecular formula is C79H139N3O21. The van der Waals surface area contributed by atoms with Gasteiger partial charge in [-0.15, -0.1) is 0 Å². The van der Waals surface area contributed by atoms with Gasteiger partial charge in [-0.25, -0.2) is 0 Å². The number of carbonyl (C=O) groups is 12. The third-order valence-corrected chi connectivity index (χ3v) is 16.0. The molecule has 0 atom stereocenters. The lowest BCUT2D eigenvalue weighted by Crippen LogP contribution is -2.51. The molecule has 0 rings (SSSR count). The van der Waals surface area contributed by atoms with E-state index in [1.54, 1.807) is 187 Å². The maximum absolute atomic E-state index is 15.2. The molecule has 596 valence electrons. The zero-order valence-electron chi connectivity index (χ0n) is 69.1. The second-order valence-electron chi connectivity index (χ2n) is 37.3. The minimum atomic E-state index is -1.43. The first kappa shape index (κ1) is 96.6. The monoisotopic (exact) mass is 1470 g/mol. The molecule has 3 N–H and O–H groups in total. The minimum Gasteiger partial charge on any atom is -0.460 e. The van der Waals surface area contributed by atoms with Gasteiger partial charge >= 0.3 is 53.7 Å². The molecule has 0 saturated carbocycles. The summed E-state index contributed by atoms with van der Waals surface area (Å²) < 4.78 is 51.4. The van der Waals surface area contributed by atoms with E-state index in [0.29, 0.717) is 0 Å². The van der Waals surface area contributed by atoms with Gasteiger partial charge in [0, 0.05) is 93.7 Å². The van der Waals surface area contributed by atoms with Crippen LogP contribution in [-0.4, -0.2) is 138 Å². The van der Waals surface area contributed by atoms with Crippen molar-refractivity contribution in [3.05, 3.63) is 0 Å². The molecule has 24 nitrogen and oxygen atoms in total. The van der Waals surface area contributed by atoms with Crippen LogP contribution in [0.1, 0.15) is 355 Å². The van der Waals surface area contributed by atoms with Gasteiger partial charge in [0.25, 0.3) is 0 Å². The molecule has 0 aliphatic carbocycles. The van der Waals surface area contributed by atoms with Gasteiger partial charge in [0.05, 0.1) is 0 Å². The first-order chi connectivity index (χ1) is 46.2. The summed E-state index contributed by atoms with van der Waals surface area (Å²) in [6, 6.07) is 0. The topological polar surface area (TPSA) is 324 Å². The highest BCUT2D eigenvalue weighted by molar-refractivity contribution is 5.81. The summed E-state index contributed by atoms with van der Waals surface area (Å²) in [5, 5.41) is 9.49. The molecule has 3 amide bonds. The molecule has 0 fully saturated rings. The highest BCUT2D eigenvalue weighted by Crippen LogP contribution is 2.44. The standard InChI is InChI=1S/C79H139N3O21/c1-54(2)76(42-30-55(83)80-77(45-33-58(86)95-67(3,4)5,46-34-59(87)96-68(6,7)8)47-35-60(88)97-69(9,10)11,43-31-56(84)81-78(48-36-61(89)98-70(12,13)14,49-37-62(90)99-71(15,16)17)50-38-63(91)100-72(18,19)20)44-32-57(85)82-79(51-39-64(92)101-73(21,22)23,52-40-65(93)102-74(24,25)26)53-41-66(94)103-75(27,28)29/h54H,30-53H2,1-29H3,(H,80,83)(H,81,84)(H,82,85). The van der Waals surface area contributed by atoms with Gasteiger partial charge in [0.2, 0.25) is 17.7 Å². The van der Waals surface area contributed by atoms with Crippen molar-refractivity contribution in [2.45, 2.75) is 422 Å². The Morgan fingerprint density at radius 3 is 0.417 bits per heavy atom. The number of rotatable bonds is 40. The first-order valence-corrected chi connectivity index (χ1v) is 37.1. The Balaban J connectivity index is 8.73. The van der Waals surface area contributed by atoms with Crippen molar-refractivity contribution >= 4 is 71.4 Å². The second kappa shape index (κ2) is 39.8. The SMILES string of the molecule is CC(C)C(CCC(=O)NC(CCC(=O)OC(C)(C)C)(CCC(=O)OC(C)(C)C)CCC(=O)OC(C)(C)C)(CCC(=O)NC(CCC(=O)OC(C)(C)C)(CCC(=O)OC(C)(C)C)CCC(=O)OC(C)(C)C)CCC(=O)NC(CCC(=O)OC(C)(C)C)(CCC(=O)OC(C)(C)C)CCC(=O)OC(C)(C)C. The number of hydrogen-bond acceptors (Lipinski definition) is 21. The van der Waals surface area contributed by atoms with Gasteiger partial charge in [-0.1, -0.05) is 13.8 Å². The van der Waals surface area contributed by atoms with Gasteiger partial charge in [0.1, 0.15) is 50.4 Å². The highest BCUT2D eigenvalue weighted by Gasteiger charge is 2.43. The highest BCUT2D eigenvalue weighted by atomic mass is 16.6. The molecule has 0 unspecified atom stereocenters. The van der Waals surface area contributed by atoms with E-state index in [1.807, 2.05) is 13.8 Å². The summed E-state index contributed by atoms with van der Waals surface area (Å²) in [6.45, 7) is 50.0. The van der Waals surface area contributed by atoms with Crippen molar-refractivity contribution < 1.29 is 100 Å². The van der Waals surface area contributed by atoms with Crippen LogP contribution in [0.2, 0.25) is 0 Å². The first-order valence-electron chi connectivity index (χ1n) is 37.1. The molecule has 0 aromatic carbocycles. The van der Waals surface area contributed by atoms with Crippen LogP contribution >= 0.6 is 0 Å². The van der Waals surface area contributed by atoms with Crippen molar-refractivity contribution in [2.24, 2.45) is 11.3 Å². The number of carbonyl (C=O) groups excluding carboxylic acids is 12. The summed E-state index contributed by atoms with van der Waals surface area (Å²) in [4.78, 5) is 168. The summed E-state index contributed by atoms with van der Waals surface area (Å²) >= 11 is 0.